The first-order valence-corrected chi connectivity index (χ1v) is 6.30. The van der Waals surface area contributed by atoms with Crippen molar-refractivity contribution in [2.45, 2.75) is 25.3 Å². The van der Waals surface area contributed by atoms with Crippen molar-refractivity contribution in [1.82, 2.24) is 10.6 Å². The van der Waals surface area contributed by atoms with E-state index < -0.39 is 0 Å². The number of hydrogen-bond donors (Lipinski definition) is 2. The van der Waals surface area contributed by atoms with Crippen molar-refractivity contribution < 1.29 is 4.79 Å². The van der Waals surface area contributed by atoms with Gasteiger partial charge in [0.15, 0.2) is 0 Å². The van der Waals surface area contributed by atoms with Crippen molar-refractivity contribution in [3.63, 3.8) is 0 Å². The van der Waals surface area contributed by atoms with Crippen molar-refractivity contribution in [2.24, 2.45) is 0 Å². The summed E-state index contributed by atoms with van der Waals surface area (Å²) in [4.78, 5) is 11.6. The van der Waals surface area contributed by atoms with E-state index in [0.717, 1.165) is 25.9 Å². The van der Waals surface area contributed by atoms with E-state index in [9.17, 15) is 4.79 Å². The van der Waals surface area contributed by atoms with Crippen molar-refractivity contribution in [1.29, 1.82) is 0 Å². The van der Waals surface area contributed by atoms with Crippen molar-refractivity contribution in [2.75, 3.05) is 13.1 Å². The second-order valence-corrected chi connectivity index (χ2v) is 4.67. The van der Waals surface area contributed by atoms with Gasteiger partial charge in [0.05, 0.1) is 0 Å². The zero-order valence-corrected chi connectivity index (χ0v) is 10.7. The Hall–Kier alpha value is -0.580. The summed E-state index contributed by atoms with van der Waals surface area (Å²) in [7, 11) is 0. The number of carbonyl (C=O) groups is 1. The van der Waals surface area contributed by atoms with Gasteiger partial charge in [0.25, 0.3) is 0 Å². The first-order valence-electron chi connectivity index (χ1n) is 5.36. The van der Waals surface area contributed by atoms with E-state index in [1.807, 2.05) is 5.38 Å². The molecule has 1 aliphatic rings. The Kier molecular flexibility index (Phi) is 5.80. The molecule has 90 valence electrons. The van der Waals surface area contributed by atoms with Gasteiger partial charge in [-0.3, -0.25) is 4.79 Å². The van der Waals surface area contributed by atoms with Crippen LogP contribution in [0.25, 0.3) is 0 Å². The predicted molar refractivity (Wildman–Crippen MR) is 69.3 cm³/mol. The van der Waals surface area contributed by atoms with Crippen LogP contribution in [-0.2, 0) is 11.2 Å². The second-order valence-electron chi connectivity index (χ2n) is 3.89. The van der Waals surface area contributed by atoms with Crippen LogP contribution in [0.4, 0.5) is 0 Å². The molecule has 1 aliphatic heterocycles. The minimum atomic E-state index is 0. The molecule has 1 unspecified atom stereocenters. The lowest BCUT2D eigenvalue weighted by atomic mass is 10.2. The molecule has 0 bridgehead atoms. The SMILES string of the molecule is Cl.O=C(CCc1ccsc1)NC1CCNC1. The van der Waals surface area contributed by atoms with Crippen LogP contribution >= 0.6 is 23.7 Å². The molecule has 2 heterocycles. The number of carbonyl (C=O) groups excluding carboxylic acids is 1. The molecule has 0 aromatic carbocycles. The molecule has 1 saturated heterocycles. The largest absolute Gasteiger partial charge is 0.352 e. The van der Waals surface area contributed by atoms with E-state index in [1.165, 1.54) is 5.56 Å². The summed E-state index contributed by atoms with van der Waals surface area (Å²) in [5.41, 5.74) is 1.26. The minimum absolute atomic E-state index is 0. The zero-order chi connectivity index (χ0) is 10.5. The second kappa shape index (κ2) is 6.89. The molecule has 0 radical (unpaired) electrons. The molecule has 0 aliphatic carbocycles. The summed E-state index contributed by atoms with van der Waals surface area (Å²) >= 11 is 1.68. The molecule has 1 amide bonds. The Morgan fingerprint density at radius 2 is 2.50 bits per heavy atom. The number of amides is 1. The molecule has 1 aromatic rings. The number of hydrogen-bond acceptors (Lipinski definition) is 3. The monoisotopic (exact) mass is 260 g/mol. The van der Waals surface area contributed by atoms with Gasteiger partial charge >= 0.3 is 0 Å². The van der Waals surface area contributed by atoms with Gasteiger partial charge in [-0.05, 0) is 41.8 Å². The van der Waals surface area contributed by atoms with Gasteiger partial charge in [-0.15, -0.1) is 12.4 Å². The fourth-order valence-corrected chi connectivity index (χ4v) is 2.47. The maximum absolute atomic E-state index is 11.6. The highest BCUT2D eigenvalue weighted by Gasteiger charge is 2.16. The van der Waals surface area contributed by atoms with Crippen molar-refractivity contribution >= 4 is 29.7 Å². The molecular formula is C11H17ClN2OS. The molecule has 5 heteroatoms. The summed E-state index contributed by atoms with van der Waals surface area (Å²) in [6.45, 7) is 1.94. The molecule has 2 N–H and O–H groups in total. The minimum Gasteiger partial charge on any atom is -0.352 e. The quantitative estimate of drug-likeness (QED) is 0.863. The van der Waals surface area contributed by atoms with E-state index >= 15 is 0 Å². The van der Waals surface area contributed by atoms with E-state index in [2.05, 4.69) is 22.1 Å². The third-order valence-corrected chi connectivity index (χ3v) is 3.38. The van der Waals surface area contributed by atoms with Crippen LogP contribution in [0.5, 0.6) is 0 Å². The Labute approximate surface area is 106 Å². The third-order valence-electron chi connectivity index (χ3n) is 2.65. The summed E-state index contributed by atoms with van der Waals surface area (Å²) in [6, 6.07) is 2.43. The number of nitrogens with one attached hydrogen (secondary N) is 2. The predicted octanol–water partition coefficient (Wildman–Crippen LogP) is 1.58. The van der Waals surface area contributed by atoms with Gasteiger partial charge in [-0.25, -0.2) is 0 Å². The van der Waals surface area contributed by atoms with E-state index in [1.54, 1.807) is 11.3 Å². The molecule has 1 fully saturated rings. The Morgan fingerprint density at radius 1 is 1.62 bits per heavy atom. The van der Waals surface area contributed by atoms with E-state index in [-0.39, 0.29) is 18.3 Å². The summed E-state index contributed by atoms with van der Waals surface area (Å²) in [5, 5.41) is 10.4. The van der Waals surface area contributed by atoms with Gasteiger partial charge in [0, 0.05) is 19.0 Å². The summed E-state index contributed by atoms with van der Waals surface area (Å²) in [6.07, 6.45) is 2.52. The maximum atomic E-state index is 11.6. The summed E-state index contributed by atoms with van der Waals surface area (Å²) < 4.78 is 0. The lowest BCUT2D eigenvalue weighted by Crippen LogP contribution is -2.36. The van der Waals surface area contributed by atoms with Crippen LogP contribution in [0.3, 0.4) is 0 Å². The lowest BCUT2D eigenvalue weighted by molar-refractivity contribution is -0.121. The number of halogens is 1. The molecular weight excluding hydrogens is 244 g/mol. The van der Waals surface area contributed by atoms with Gasteiger partial charge < -0.3 is 10.6 Å². The van der Waals surface area contributed by atoms with Crippen LogP contribution in [0.2, 0.25) is 0 Å². The van der Waals surface area contributed by atoms with Gasteiger partial charge in [0.1, 0.15) is 0 Å². The first-order chi connectivity index (χ1) is 7.34. The molecule has 2 rings (SSSR count). The molecule has 1 aromatic heterocycles. The average molecular weight is 261 g/mol. The molecule has 16 heavy (non-hydrogen) atoms. The van der Waals surface area contributed by atoms with Crippen LogP contribution in [0.1, 0.15) is 18.4 Å². The third kappa shape index (κ3) is 4.12. The Balaban J connectivity index is 0.00000128. The zero-order valence-electron chi connectivity index (χ0n) is 9.07. The van der Waals surface area contributed by atoms with E-state index in [4.69, 9.17) is 0 Å². The number of rotatable bonds is 4. The summed E-state index contributed by atoms with van der Waals surface area (Å²) in [5.74, 6) is 0.176. The average Bonchev–Trinajstić information content (AvgIpc) is 2.86. The van der Waals surface area contributed by atoms with Crippen molar-refractivity contribution in [3.05, 3.63) is 22.4 Å². The highest BCUT2D eigenvalue weighted by molar-refractivity contribution is 7.07. The standard InChI is InChI=1S/C11H16N2OS.ClH/c14-11(13-10-3-5-12-7-10)2-1-9-4-6-15-8-9;/h4,6,8,10,12H,1-3,5,7H2,(H,13,14);1H. The van der Waals surface area contributed by atoms with Gasteiger partial charge in [-0.1, -0.05) is 0 Å². The lowest BCUT2D eigenvalue weighted by Gasteiger charge is -2.10. The normalized spacial score (nSPS) is 19.1. The van der Waals surface area contributed by atoms with Crippen molar-refractivity contribution in [3.8, 4) is 0 Å². The highest BCUT2D eigenvalue weighted by atomic mass is 35.5. The Morgan fingerprint density at radius 3 is 3.12 bits per heavy atom. The van der Waals surface area contributed by atoms with Gasteiger partial charge in [-0.2, -0.15) is 11.3 Å². The smallest absolute Gasteiger partial charge is 0.220 e. The van der Waals surface area contributed by atoms with Crippen LogP contribution < -0.4 is 10.6 Å². The maximum Gasteiger partial charge on any atom is 0.220 e. The Bertz CT molecular complexity index is 310. The van der Waals surface area contributed by atoms with Crippen LogP contribution in [-0.4, -0.2) is 25.0 Å². The number of thiophene rings is 1. The van der Waals surface area contributed by atoms with E-state index in [0.29, 0.717) is 12.5 Å². The number of aryl methyl sites for hydroxylation is 1. The molecule has 1 atom stereocenters. The van der Waals surface area contributed by atoms with Crippen LogP contribution in [0.15, 0.2) is 16.8 Å². The molecule has 0 spiro atoms. The highest BCUT2D eigenvalue weighted by Crippen LogP contribution is 2.08. The molecule has 3 nitrogen and oxygen atoms in total. The fourth-order valence-electron chi connectivity index (χ4n) is 1.77. The van der Waals surface area contributed by atoms with Gasteiger partial charge in [0.2, 0.25) is 5.91 Å². The first kappa shape index (κ1) is 13.5. The topological polar surface area (TPSA) is 41.1 Å². The van der Waals surface area contributed by atoms with Crippen LogP contribution in [0, 0.1) is 0 Å². The molecule has 0 saturated carbocycles. The fraction of sp³-hybridized carbons (Fsp3) is 0.545.